The second kappa shape index (κ2) is 9.08. The van der Waals surface area contributed by atoms with Crippen LogP contribution in [0.5, 0.6) is 0 Å². The van der Waals surface area contributed by atoms with Gasteiger partial charge in [-0.2, -0.15) is 0 Å². The number of benzene rings is 3. The van der Waals surface area contributed by atoms with E-state index in [2.05, 4.69) is 16.4 Å². The van der Waals surface area contributed by atoms with E-state index < -0.39 is 35.0 Å². The molecule has 7 nitrogen and oxygen atoms in total. The molecule has 0 amide bonds. The van der Waals surface area contributed by atoms with Gasteiger partial charge in [0.15, 0.2) is 0 Å². The van der Waals surface area contributed by atoms with Crippen molar-refractivity contribution in [3.05, 3.63) is 94.7 Å². The summed E-state index contributed by atoms with van der Waals surface area (Å²) in [7, 11) is 0. The Hall–Kier alpha value is -4.46. The number of fused-ring (bicyclic) bond motifs is 3. The lowest BCUT2D eigenvalue weighted by Crippen LogP contribution is -2.34. The fourth-order valence-electron chi connectivity index (χ4n) is 4.98. The first-order valence-corrected chi connectivity index (χ1v) is 12.9. The van der Waals surface area contributed by atoms with Gasteiger partial charge in [0.1, 0.15) is 40.6 Å². The minimum Gasteiger partial charge on any atom is -0.459 e. The Morgan fingerprint density at radius 2 is 1.77 bits per heavy atom. The summed E-state index contributed by atoms with van der Waals surface area (Å²) in [5.74, 6) is -1.09. The van der Waals surface area contributed by atoms with Crippen molar-refractivity contribution in [1.82, 2.24) is 9.55 Å². The summed E-state index contributed by atoms with van der Waals surface area (Å²) in [6.07, 6.45) is 3.05. The number of ether oxygens (including phenoxy) is 1. The molecule has 0 atom stereocenters. The van der Waals surface area contributed by atoms with E-state index in [1.807, 2.05) is 36.4 Å². The number of nitrogens with zero attached hydrogens (tertiary/aromatic N) is 2. The standard InChI is InChI=1S/C31H28FN3O4/c1-30(2,3)39-27(36)18-35-28(21-9-4-6-10-23(21)32)33-17-24(29(35)37)34-31(14-15-31)19-12-13-26-22(16-19)20-8-5-7-11-25(20)38-26/h4-13,16-17,34H,14-15,18H2,1-3H3. The van der Waals surface area contributed by atoms with Gasteiger partial charge in [0.25, 0.3) is 5.56 Å². The molecule has 1 saturated carbocycles. The normalized spacial score (nSPS) is 14.5. The number of para-hydroxylation sites is 1. The first kappa shape index (κ1) is 24.9. The number of rotatable bonds is 6. The monoisotopic (exact) mass is 525 g/mol. The predicted octanol–water partition coefficient (Wildman–Crippen LogP) is 6.39. The molecule has 0 saturated heterocycles. The van der Waals surface area contributed by atoms with Crippen LogP contribution in [0.15, 0.2) is 82.1 Å². The highest BCUT2D eigenvalue weighted by Crippen LogP contribution is 2.49. The fourth-order valence-corrected chi connectivity index (χ4v) is 4.98. The minimum absolute atomic E-state index is 0.0608. The first-order valence-electron chi connectivity index (χ1n) is 12.9. The molecular formula is C31H28FN3O4. The minimum atomic E-state index is -0.740. The molecule has 0 radical (unpaired) electrons. The molecule has 8 heteroatoms. The third-order valence-electron chi connectivity index (χ3n) is 6.92. The van der Waals surface area contributed by atoms with Crippen LogP contribution < -0.4 is 10.9 Å². The molecule has 2 heterocycles. The van der Waals surface area contributed by atoms with Crippen molar-refractivity contribution in [2.45, 2.75) is 51.3 Å². The zero-order valence-corrected chi connectivity index (χ0v) is 22.0. The third kappa shape index (κ3) is 4.67. The summed E-state index contributed by atoms with van der Waals surface area (Å²) in [6.45, 7) is 4.85. The van der Waals surface area contributed by atoms with E-state index in [1.165, 1.54) is 22.9 Å². The highest BCUT2D eigenvalue weighted by atomic mass is 19.1. The van der Waals surface area contributed by atoms with Crippen molar-refractivity contribution in [3.8, 4) is 11.4 Å². The smallest absolute Gasteiger partial charge is 0.326 e. The highest BCUT2D eigenvalue weighted by molar-refractivity contribution is 6.05. The lowest BCUT2D eigenvalue weighted by atomic mass is 10.0. The molecule has 1 aliphatic carbocycles. The molecule has 1 fully saturated rings. The summed E-state index contributed by atoms with van der Waals surface area (Å²) < 4.78 is 27.3. The van der Waals surface area contributed by atoms with E-state index >= 15 is 0 Å². The second-order valence-corrected chi connectivity index (χ2v) is 11.0. The number of carbonyl (C=O) groups is 1. The van der Waals surface area contributed by atoms with Crippen molar-refractivity contribution in [2.75, 3.05) is 5.32 Å². The second-order valence-electron chi connectivity index (χ2n) is 11.0. The Bertz CT molecular complexity index is 1790. The maximum atomic E-state index is 14.7. The molecule has 0 aliphatic heterocycles. The van der Waals surface area contributed by atoms with Gasteiger partial charge >= 0.3 is 5.97 Å². The largest absolute Gasteiger partial charge is 0.459 e. The van der Waals surface area contributed by atoms with E-state index in [9.17, 15) is 14.0 Å². The number of anilines is 1. The van der Waals surface area contributed by atoms with Gasteiger partial charge in [-0.3, -0.25) is 14.2 Å². The molecule has 3 aromatic carbocycles. The molecule has 0 unspecified atom stereocenters. The summed E-state index contributed by atoms with van der Waals surface area (Å²) in [4.78, 5) is 31.0. The number of aromatic nitrogens is 2. The van der Waals surface area contributed by atoms with Crippen LogP contribution >= 0.6 is 0 Å². The van der Waals surface area contributed by atoms with E-state index in [0.29, 0.717) is 0 Å². The Kier molecular flexibility index (Phi) is 5.79. The summed E-state index contributed by atoms with van der Waals surface area (Å²) >= 11 is 0. The van der Waals surface area contributed by atoms with Gasteiger partial charge in [-0.25, -0.2) is 9.37 Å². The Morgan fingerprint density at radius 3 is 2.51 bits per heavy atom. The van der Waals surface area contributed by atoms with Crippen LogP contribution in [0, 0.1) is 5.82 Å². The Morgan fingerprint density at radius 1 is 1.05 bits per heavy atom. The SMILES string of the molecule is CC(C)(C)OC(=O)Cn1c(-c2ccccc2F)ncc(NC2(c3ccc4oc5ccccc5c4c3)CC2)c1=O. The van der Waals surface area contributed by atoms with E-state index in [1.54, 1.807) is 32.9 Å². The average Bonchev–Trinajstić information content (AvgIpc) is 3.58. The van der Waals surface area contributed by atoms with Crippen LogP contribution in [0.2, 0.25) is 0 Å². The maximum Gasteiger partial charge on any atom is 0.326 e. The van der Waals surface area contributed by atoms with Crippen molar-refractivity contribution in [1.29, 1.82) is 0 Å². The van der Waals surface area contributed by atoms with Gasteiger partial charge in [-0.1, -0.05) is 36.4 Å². The van der Waals surface area contributed by atoms with E-state index in [0.717, 1.165) is 40.3 Å². The highest BCUT2D eigenvalue weighted by Gasteiger charge is 2.45. The molecule has 6 rings (SSSR count). The van der Waals surface area contributed by atoms with Gasteiger partial charge in [0.2, 0.25) is 0 Å². The van der Waals surface area contributed by atoms with E-state index in [-0.39, 0.29) is 17.1 Å². The van der Waals surface area contributed by atoms with Crippen molar-refractivity contribution in [3.63, 3.8) is 0 Å². The summed E-state index contributed by atoms with van der Waals surface area (Å²) in [6, 6.07) is 20.0. The number of hydrogen-bond donors (Lipinski definition) is 1. The molecule has 2 aromatic heterocycles. The van der Waals surface area contributed by atoms with Gasteiger partial charge in [0.05, 0.1) is 17.3 Å². The number of hydrogen-bond acceptors (Lipinski definition) is 6. The van der Waals surface area contributed by atoms with Gasteiger partial charge in [-0.05, 0) is 69.5 Å². The van der Waals surface area contributed by atoms with Crippen LogP contribution in [-0.2, 0) is 21.6 Å². The van der Waals surface area contributed by atoms with Crippen molar-refractivity contribution in [2.24, 2.45) is 0 Å². The summed E-state index contributed by atoms with van der Waals surface area (Å²) in [5.41, 5.74) is 1.32. The van der Waals surface area contributed by atoms with Crippen LogP contribution in [0.25, 0.3) is 33.3 Å². The number of carbonyl (C=O) groups excluding carboxylic acids is 1. The van der Waals surface area contributed by atoms with Crippen LogP contribution in [0.1, 0.15) is 39.2 Å². The topological polar surface area (TPSA) is 86.4 Å². The predicted molar refractivity (Wildman–Crippen MR) is 148 cm³/mol. The van der Waals surface area contributed by atoms with Gasteiger partial charge < -0.3 is 14.5 Å². The van der Waals surface area contributed by atoms with Crippen molar-refractivity contribution < 1.29 is 18.3 Å². The third-order valence-corrected chi connectivity index (χ3v) is 6.92. The maximum absolute atomic E-state index is 14.7. The van der Waals surface area contributed by atoms with Crippen molar-refractivity contribution >= 4 is 33.6 Å². The molecular weight excluding hydrogens is 497 g/mol. The van der Waals surface area contributed by atoms with Gasteiger partial charge in [0, 0.05) is 10.8 Å². The van der Waals surface area contributed by atoms with Crippen LogP contribution in [-0.4, -0.2) is 21.1 Å². The lowest BCUT2D eigenvalue weighted by Gasteiger charge is -2.22. The first-order chi connectivity index (χ1) is 18.6. The number of nitrogens with one attached hydrogen (secondary N) is 1. The van der Waals surface area contributed by atoms with E-state index in [4.69, 9.17) is 9.15 Å². The molecule has 0 bridgehead atoms. The molecule has 0 spiro atoms. The molecule has 39 heavy (non-hydrogen) atoms. The molecule has 198 valence electrons. The fraction of sp³-hybridized carbons (Fsp3) is 0.258. The zero-order chi connectivity index (χ0) is 27.4. The number of furan rings is 1. The van der Waals surface area contributed by atoms with Gasteiger partial charge in [-0.15, -0.1) is 0 Å². The molecule has 5 aromatic rings. The summed E-state index contributed by atoms with van der Waals surface area (Å²) in [5, 5.41) is 5.44. The lowest BCUT2D eigenvalue weighted by molar-refractivity contribution is -0.155. The number of halogens is 1. The van der Waals surface area contributed by atoms with Crippen LogP contribution in [0.4, 0.5) is 10.1 Å². The van der Waals surface area contributed by atoms with Crippen LogP contribution in [0.3, 0.4) is 0 Å². The Balaban J connectivity index is 1.40. The molecule has 1 N–H and O–H groups in total. The average molecular weight is 526 g/mol. The molecule has 1 aliphatic rings. The number of esters is 1. The Labute approximate surface area is 224 Å². The zero-order valence-electron chi connectivity index (χ0n) is 22.0. The quantitative estimate of drug-likeness (QED) is 0.259.